The van der Waals surface area contributed by atoms with Crippen molar-refractivity contribution in [2.75, 3.05) is 17.2 Å². The topological polar surface area (TPSA) is 80.6 Å². The van der Waals surface area contributed by atoms with Crippen LogP contribution in [0.15, 0.2) is 65.3 Å². The van der Waals surface area contributed by atoms with Crippen molar-refractivity contribution in [1.82, 2.24) is 0 Å². The van der Waals surface area contributed by atoms with Gasteiger partial charge in [-0.25, -0.2) is 0 Å². The number of hydrogen-bond acceptors (Lipinski definition) is 4. The molecule has 0 aliphatic carbocycles. The van der Waals surface area contributed by atoms with E-state index in [-0.39, 0.29) is 24.2 Å². The predicted octanol–water partition coefficient (Wildman–Crippen LogP) is 5.80. The summed E-state index contributed by atoms with van der Waals surface area (Å²) in [6.45, 7) is 8.33. The molecule has 0 radical (unpaired) electrons. The Kier molecular flexibility index (Phi) is 7.13. The molecule has 3 rings (SSSR count). The fraction of sp³-hybridized carbons (Fsp3) is 0.280. The van der Waals surface area contributed by atoms with Crippen molar-refractivity contribution in [1.29, 1.82) is 0 Å². The van der Waals surface area contributed by atoms with Crippen molar-refractivity contribution < 1.29 is 18.7 Å². The van der Waals surface area contributed by atoms with E-state index >= 15 is 0 Å². The van der Waals surface area contributed by atoms with Crippen LogP contribution in [0.5, 0.6) is 5.75 Å². The van der Waals surface area contributed by atoms with Crippen LogP contribution in [0, 0.1) is 0 Å². The van der Waals surface area contributed by atoms with E-state index in [0.717, 1.165) is 16.8 Å². The summed E-state index contributed by atoms with van der Waals surface area (Å²) in [4.78, 5) is 24.6. The molecule has 2 aromatic carbocycles. The first-order valence-corrected chi connectivity index (χ1v) is 10.4. The Hall–Kier alpha value is -3.54. The molecule has 0 saturated carbocycles. The molecule has 0 saturated heterocycles. The van der Waals surface area contributed by atoms with Crippen LogP contribution < -0.4 is 15.4 Å². The van der Waals surface area contributed by atoms with Gasteiger partial charge in [0.2, 0.25) is 0 Å². The van der Waals surface area contributed by atoms with Crippen LogP contribution >= 0.6 is 0 Å². The van der Waals surface area contributed by atoms with Crippen molar-refractivity contribution in [3.63, 3.8) is 0 Å². The minimum Gasteiger partial charge on any atom is -0.484 e. The number of ether oxygens (including phenoxy) is 1. The van der Waals surface area contributed by atoms with Crippen LogP contribution in [-0.2, 0) is 4.79 Å². The fourth-order valence-electron chi connectivity index (χ4n) is 3.25. The highest BCUT2D eigenvalue weighted by molar-refractivity contribution is 6.02. The molecular formula is C25H28N2O4. The summed E-state index contributed by atoms with van der Waals surface area (Å²) in [5.74, 6) is 0.803. The summed E-state index contributed by atoms with van der Waals surface area (Å²) in [5.41, 5.74) is 3.69. The lowest BCUT2D eigenvalue weighted by molar-refractivity contribution is -0.118. The molecular weight excluding hydrogens is 392 g/mol. The predicted molar refractivity (Wildman–Crippen MR) is 122 cm³/mol. The maximum Gasteiger partial charge on any atom is 0.291 e. The Morgan fingerprint density at radius 3 is 2.06 bits per heavy atom. The Morgan fingerprint density at radius 2 is 1.52 bits per heavy atom. The molecule has 2 amide bonds. The number of rotatable bonds is 8. The van der Waals surface area contributed by atoms with E-state index in [1.165, 1.54) is 6.26 Å². The van der Waals surface area contributed by atoms with Gasteiger partial charge in [-0.1, -0.05) is 45.9 Å². The highest BCUT2D eigenvalue weighted by Crippen LogP contribution is 2.32. The molecule has 6 nitrogen and oxygen atoms in total. The average molecular weight is 421 g/mol. The summed E-state index contributed by atoms with van der Waals surface area (Å²) >= 11 is 0. The number of benzene rings is 2. The van der Waals surface area contributed by atoms with E-state index in [1.54, 1.807) is 36.4 Å². The zero-order valence-corrected chi connectivity index (χ0v) is 18.3. The molecule has 2 N–H and O–H groups in total. The lowest BCUT2D eigenvalue weighted by atomic mass is 9.92. The normalized spacial score (nSPS) is 10.9. The van der Waals surface area contributed by atoms with Gasteiger partial charge < -0.3 is 19.8 Å². The summed E-state index contributed by atoms with van der Waals surface area (Å²) in [6.07, 6.45) is 1.45. The zero-order valence-electron chi connectivity index (χ0n) is 18.3. The van der Waals surface area contributed by atoms with E-state index in [4.69, 9.17) is 9.15 Å². The maximum atomic E-state index is 12.6. The number of furan rings is 1. The molecule has 162 valence electrons. The SMILES string of the molecule is CC(C)c1cccc(C(C)C)c1NC(=O)COc1ccc(NC(=O)c2ccco2)cc1. The first kappa shape index (κ1) is 22.2. The number of amides is 2. The van der Waals surface area contributed by atoms with E-state index in [2.05, 4.69) is 38.3 Å². The highest BCUT2D eigenvalue weighted by Gasteiger charge is 2.16. The summed E-state index contributed by atoms with van der Waals surface area (Å²) in [6, 6.07) is 16.2. The summed E-state index contributed by atoms with van der Waals surface area (Å²) in [5, 5.41) is 5.77. The molecule has 3 aromatic rings. The standard InChI is InChI=1S/C25H28N2O4/c1-16(2)20-7-5-8-21(17(3)4)24(20)27-23(28)15-31-19-12-10-18(11-13-19)26-25(29)22-9-6-14-30-22/h5-14,16-17H,15H2,1-4H3,(H,26,29)(H,27,28). The second kappa shape index (κ2) is 9.98. The smallest absolute Gasteiger partial charge is 0.291 e. The highest BCUT2D eigenvalue weighted by atomic mass is 16.5. The molecule has 6 heteroatoms. The lowest BCUT2D eigenvalue weighted by Crippen LogP contribution is -2.22. The quantitative estimate of drug-likeness (QED) is 0.483. The minimum atomic E-state index is -0.331. The molecule has 0 aliphatic rings. The Bertz CT molecular complexity index is 996. The molecule has 0 spiro atoms. The number of para-hydroxylation sites is 1. The zero-order chi connectivity index (χ0) is 22.4. The van der Waals surface area contributed by atoms with Crippen molar-refractivity contribution in [2.24, 2.45) is 0 Å². The average Bonchev–Trinajstić information content (AvgIpc) is 3.28. The van der Waals surface area contributed by atoms with Crippen LogP contribution in [0.3, 0.4) is 0 Å². The number of anilines is 2. The fourth-order valence-corrected chi connectivity index (χ4v) is 3.25. The third-order valence-electron chi connectivity index (χ3n) is 4.86. The number of nitrogens with one attached hydrogen (secondary N) is 2. The van der Waals surface area contributed by atoms with Crippen molar-refractivity contribution in [3.8, 4) is 5.75 Å². The van der Waals surface area contributed by atoms with Crippen LogP contribution in [0.1, 0.15) is 61.2 Å². The van der Waals surface area contributed by atoms with E-state index in [0.29, 0.717) is 23.3 Å². The number of carbonyl (C=O) groups is 2. The molecule has 1 heterocycles. The first-order chi connectivity index (χ1) is 14.8. The maximum absolute atomic E-state index is 12.6. The molecule has 0 atom stereocenters. The van der Waals surface area contributed by atoms with Gasteiger partial charge in [0.05, 0.1) is 6.26 Å². The monoisotopic (exact) mass is 420 g/mol. The lowest BCUT2D eigenvalue weighted by Gasteiger charge is -2.20. The minimum absolute atomic E-state index is 0.109. The second-order valence-corrected chi connectivity index (χ2v) is 7.91. The van der Waals surface area contributed by atoms with Gasteiger partial charge in [0.1, 0.15) is 5.75 Å². The van der Waals surface area contributed by atoms with Gasteiger partial charge in [-0.15, -0.1) is 0 Å². The van der Waals surface area contributed by atoms with Gasteiger partial charge in [-0.05, 0) is 59.4 Å². The van der Waals surface area contributed by atoms with Crippen LogP contribution in [0.4, 0.5) is 11.4 Å². The summed E-state index contributed by atoms with van der Waals surface area (Å²) in [7, 11) is 0. The third-order valence-corrected chi connectivity index (χ3v) is 4.86. The van der Waals surface area contributed by atoms with Crippen molar-refractivity contribution in [3.05, 3.63) is 77.7 Å². The van der Waals surface area contributed by atoms with Crippen molar-refractivity contribution in [2.45, 2.75) is 39.5 Å². The Labute approximate surface area is 182 Å². The van der Waals surface area contributed by atoms with Gasteiger partial charge in [0.25, 0.3) is 11.8 Å². The molecule has 0 bridgehead atoms. The largest absolute Gasteiger partial charge is 0.484 e. The van der Waals surface area contributed by atoms with Gasteiger partial charge in [-0.3, -0.25) is 9.59 Å². The van der Waals surface area contributed by atoms with Gasteiger partial charge in [0.15, 0.2) is 12.4 Å². The summed E-state index contributed by atoms with van der Waals surface area (Å²) < 4.78 is 10.7. The molecule has 0 aliphatic heterocycles. The van der Waals surface area contributed by atoms with Gasteiger partial charge in [-0.2, -0.15) is 0 Å². The van der Waals surface area contributed by atoms with Crippen LogP contribution in [-0.4, -0.2) is 18.4 Å². The Morgan fingerprint density at radius 1 is 0.871 bits per heavy atom. The van der Waals surface area contributed by atoms with Crippen LogP contribution in [0.2, 0.25) is 0 Å². The van der Waals surface area contributed by atoms with Crippen molar-refractivity contribution >= 4 is 23.2 Å². The van der Waals surface area contributed by atoms with Gasteiger partial charge >= 0.3 is 0 Å². The molecule has 1 aromatic heterocycles. The molecule has 31 heavy (non-hydrogen) atoms. The van der Waals surface area contributed by atoms with E-state index < -0.39 is 0 Å². The molecule has 0 unspecified atom stereocenters. The Balaban J connectivity index is 1.60. The third kappa shape index (κ3) is 5.75. The van der Waals surface area contributed by atoms with Gasteiger partial charge in [0, 0.05) is 11.4 Å². The van der Waals surface area contributed by atoms with E-state index in [9.17, 15) is 9.59 Å². The first-order valence-electron chi connectivity index (χ1n) is 10.4. The second-order valence-electron chi connectivity index (χ2n) is 7.91. The number of hydrogen-bond donors (Lipinski definition) is 2. The van der Waals surface area contributed by atoms with Crippen LogP contribution in [0.25, 0.3) is 0 Å². The van der Waals surface area contributed by atoms with E-state index in [1.807, 2.05) is 18.2 Å². The molecule has 0 fully saturated rings. The number of carbonyl (C=O) groups excluding carboxylic acids is 2.